The van der Waals surface area contributed by atoms with Gasteiger partial charge in [0.2, 0.25) is 5.91 Å². The number of pyridine rings is 1. The number of anilines is 1. The summed E-state index contributed by atoms with van der Waals surface area (Å²) >= 11 is 6.08. The highest BCUT2D eigenvalue weighted by Gasteiger charge is 2.48. The first-order chi connectivity index (χ1) is 16.5. The number of carbonyl (C=O) groups is 2. The first-order valence-electron chi connectivity index (χ1n) is 12.6. The third kappa shape index (κ3) is 3.96. The fourth-order valence-corrected chi connectivity index (χ4v) is 6.23. The van der Waals surface area contributed by atoms with Gasteiger partial charge in [-0.3, -0.25) is 9.59 Å². The van der Waals surface area contributed by atoms with Gasteiger partial charge in [-0.25, -0.2) is 4.98 Å². The van der Waals surface area contributed by atoms with Gasteiger partial charge in [-0.1, -0.05) is 30.2 Å². The van der Waals surface area contributed by atoms with Gasteiger partial charge in [0, 0.05) is 35.4 Å². The van der Waals surface area contributed by atoms with Crippen LogP contribution in [0.4, 0.5) is 5.82 Å². The molecule has 2 bridgehead atoms. The zero-order valence-electron chi connectivity index (χ0n) is 19.3. The number of nitrogens with zero attached hydrogens (tertiary/aromatic N) is 2. The molecule has 2 amide bonds. The van der Waals surface area contributed by atoms with E-state index >= 15 is 0 Å². The number of benzene rings is 1. The quantitative estimate of drug-likeness (QED) is 0.646. The van der Waals surface area contributed by atoms with E-state index < -0.39 is 5.41 Å². The normalized spacial score (nSPS) is 27.1. The smallest absolute Gasteiger partial charge is 0.253 e. The Kier molecular flexibility index (Phi) is 5.51. The molecule has 178 valence electrons. The van der Waals surface area contributed by atoms with Gasteiger partial charge < -0.3 is 15.5 Å². The van der Waals surface area contributed by atoms with Gasteiger partial charge >= 0.3 is 0 Å². The molecule has 2 aliphatic carbocycles. The minimum atomic E-state index is -0.404. The van der Waals surface area contributed by atoms with Crippen molar-refractivity contribution in [2.24, 2.45) is 0 Å². The summed E-state index contributed by atoms with van der Waals surface area (Å²) in [5.41, 5.74) is 1.30. The number of nitrogens with one attached hydrogen (secondary N) is 2. The van der Waals surface area contributed by atoms with Gasteiger partial charge in [0.25, 0.3) is 5.91 Å². The van der Waals surface area contributed by atoms with Crippen LogP contribution < -0.4 is 15.5 Å². The Morgan fingerprint density at radius 1 is 0.912 bits per heavy atom. The van der Waals surface area contributed by atoms with E-state index in [-0.39, 0.29) is 17.9 Å². The molecule has 2 atom stereocenters. The Hall–Kier alpha value is -2.60. The lowest BCUT2D eigenvalue weighted by Gasteiger charge is -2.44. The average Bonchev–Trinajstić information content (AvgIpc) is 3.57. The predicted molar refractivity (Wildman–Crippen MR) is 132 cm³/mol. The Balaban J connectivity index is 1.11. The Morgan fingerprint density at radius 3 is 2.18 bits per heavy atom. The molecule has 3 heterocycles. The Bertz CT molecular complexity index is 1060. The molecular formula is C27H31ClN4O2. The van der Waals surface area contributed by atoms with Crippen molar-refractivity contribution in [1.29, 1.82) is 0 Å². The molecule has 2 saturated heterocycles. The van der Waals surface area contributed by atoms with Crippen LogP contribution in [0.15, 0.2) is 42.6 Å². The lowest BCUT2D eigenvalue weighted by atomic mass is 9.63. The van der Waals surface area contributed by atoms with Crippen molar-refractivity contribution in [3.63, 3.8) is 0 Å². The second-order valence-corrected chi connectivity index (χ2v) is 11.0. The highest BCUT2D eigenvalue weighted by Crippen LogP contribution is 2.45. The zero-order valence-corrected chi connectivity index (χ0v) is 20.1. The van der Waals surface area contributed by atoms with E-state index in [9.17, 15) is 9.59 Å². The number of aromatic nitrogens is 1. The van der Waals surface area contributed by atoms with Crippen LogP contribution in [0.5, 0.6) is 0 Å². The zero-order chi connectivity index (χ0) is 23.3. The van der Waals surface area contributed by atoms with Crippen LogP contribution in [-0.2, 0) is 10.2 Å². The van der Waals surface area contributed by atoms with E-state index in [2.05, 4.69) is 20.5 Å². The molecule has 6 nitrogen and oxygen atoms in total. The summed E-state index contributed by atoms with van der Waals surface area (Å²) in [7, 11) is 0. The molecule has 4 aliphatic rings. The molecule has 1 aromatic carbocycles. The number of rotatable bonds is 6. The molecule has 2 aliphatic heterocycles. The minimum Gasteiger partial charge on any atom is -0.352 e. The maximum absolute atomic E-state index is 13.5. The highest BCUT2D eigenvalue weighted by molar-refractivity contribution is 6.30. The first kappa shape index (κ1) is 21.9. The summed E-state index contributed by atoms with van der Waals surface area (Å²) in [5.74, 6) is 1.08. The molecule has 2 unspecified atom stereocenters. The summed E-state index contributed by atoms with van der Waals surface area (Å²) < 4.78 is 0. The van der Waals surface area contributed by atoms with Crippen molar-refractivity contribution in [3.05, 3.63) is 58.7 Å². The number of fused-ring (bicyclic) bond motifs is 2. The highest BCUT2D eigenvalue weighted by atomic mass is 35.5. The van der Waals surface area contributed by atoms with Gasteiger partial charge in [-0.05, 0) is 81.2 Å². The summed E-state index contributed by atoms with van der Waals surface area (Å²) in [6.07, 6.45) is 10.8. The van der Waals surface area contributed by atoms with Gasteiger partial charge in [0.05, 0.1) is 11.0 Å². The second-order valence-electron chi connectivity index (χ2n) is 10.5. The van der Waals surface area contributed by atoms with Crippen LogP contribution in [0.2, 0.25) is 5.02 Å². The molecule has 1 aromatic heterocycles. The number of carbonyl (C=O) groups excluding carboxylic acids is 2. The number of amides is 2. The fraction of sp³-hybridized carbons (Fsp3) is 0.519. The molecular weight excluding hydrogens is 448 g/mol. The third-order valence-electron chi connectivity index (χ3n) is 8.29. The standard InChI is InChI=1S/C27H31ClN4O2/c28-19-5-3-18(4-6-19)27(12-1-13-27)26(34)31-21-14-22-9-10-23(15-21)32(22)24-11-2-17(16-29-24)25(33)30-20-7-8-20/h2-6,11,16,20-23H,1,7-10,12-15H2,(H,30,33)(H,31,34). The van der Waals surface area contributed by atoms with Crippen LogP contribution in [0, 0.1) is 0 Å². The SMILES string of the molecule is O=C(NC1CC1)c1ccc(N2C3CCC2CC(NC(=O)C2(c4ccc(Cl)cc4)CCC2)C3)nc1. The Labute approximate surface area is 205 Å². The average molecular weight is 479 g/mol. The molecule has 2 aromatic rings. The molecule has 7 heteroatoms. The van der Waals surface area contributed by atoms with Crippen molar-refractivity contribution in [3.8, 4) is 0 Å². The van der Waals surface area contributed by atoms with Crippen LogP contribution in [0.1, 0.15) is 73.7 Å². The molecule has 4 fully saturated rings. The number of piperidine rings is 1. The minimum absolute atomic E-state index is 0.0310. The molecule has 2 N–H and O–H groups in total. The molecule has 6 rings (SSSR count). The molecule has 0 radical (unpaired) electrons. The summed E-state index contributed by atoms with van der Waals surface area (Å²) in [6, 6.07) is 12.9. The van der Waals surface area contributed by atoms with Crippen molar-refractivity contribution in [1.82, 2.24) is 15.6 Å². The largest absolute Gasteiger partial charge is 0.352 e. The van der Waals surface area contributed by atoms with Crippen molar-refractivity contribution in [2.75, 3.05) is 4.90 Å². The summed E-state index contributed by atoms with van der Waals surface area (Å²) in [6.45, 7) is 0. The first-order valence-corrected chi connectivity index (χ1v) is 13.0. The van der Waals surface area contributed by atoms with Gasteiger partial charge in [-0.2, -0.15) is 0 Å². The van der Waals surface area contributed by atoms with Crippen molar-refractivity contribution >= 4 is 29.2 Å². The van der Waals surface area contributed by atoms with Crippen LogP contribution in [-0.4, -0.2) is 41.0 Å². The predicted octanol–water partition coefficient (Wildman–Crippen LogP) is 4.37. The lowest BCUT2D eigenvalue weighted by molar-refractivity contribution is -0.130. The monoisotopic (exact) mass is 478 g/mol. The third-order valence-corrected chi connectivity index (χ3v) is 8.55. The van der Waals surface area contributed by atoms with Crippen LogP contribution in [0.25, 0.3) is 0 Å². The molecule has 34 heavy (non-hydrogen) atoms. The number of hydrogen-bond acceptors (Lipinski definition) is 4. The number of halogens is 1. The van der Waals surface area contributed by atoms with E-state index in [1.807, 2.05) is 36.4 Å². The van der Waals surface area contributed by atoms with E-state index in [1.54, 1.807) is 6.20 Å². The van der Waals surface area contributed by atoms with Gasteiger partial charge in [-0.15, -0.1) is 0 Å². The van der Waals surface area contributed by atoms with Gasteiger partial charge in [0.15, 0.2) is 0 Å². The molecule has 2 saturated carbocycles. The Morgan fingerprint density at radius 2 is 1.62 bits per heavy atom. The van der Waals surface area contributed by atoms with Crippen molar-refractivity contribution in [2.45, 2.75) is 87.4 Å². The lowest BCUT2D eigenvalue weighted by Crippen LogP contribution is -2.56. The van der Waals surface area contributed by atoms with E-state index in [4.69, 9.17) is 11.6 Å². The molecule has 0 spiro atoms. The second kappa shape index (κ2) is 8.56. The van der Waals surface area contributed by atoms with Crippen molar-refractivity contribution < 1.29 is 9.59 Å². The number of hydrogen-bond donors (Lipinski definition) is 2. The fourth-order valence-electron chi connectivity index (χ4n) is 6.11. The van der Waals surface area contributed by atoms with Crippen LogP contribution >= 0.6 is 11.6 Å². The summed E-state index contributed by atoms with van der Waals surface area (Å²) in [5, 5.41) is 7.15. The maximum atomic E-state index is 13.5. The van der Waals surface area contributed by atoms with Gasteiger partial charge in [0.1, 0.15) is 5.82 Å². The van der Waals surface area contributed by atoms with E-state index in [1.165, 1.54) is 0 Å². The maximum Gasteiger partial charge on any atom is 0.253 e. The van der Waals surface area contributed by atoms with E-state index in [0.29, 0.717) is 28.7 Å². The topological polar surface area (TPSA) is 74.3 Å². The van der Waals surface area contributed by atoms with Crippen LogP contribution in [0.3, 0.4) is 0 Å². The van der Waals surface area contributed by atoms with E-state index in [0.717, 1.165) is 69.2 Å². The summed E-state index contributed by atoms with van der Waals surface area (Å²) in [4.78, 5) is 32.8.